The number of nitrogens with zero attached hydrogens (tertiary/aromatic N) is 3. The van der Waals surface area contributed by atoms with Crippen molar-refractivity contribution in [3.63, 3.8) is 0 Å². The van der Waals surface area contributed by atoms with Crippen LogP contribution in [0.25, 0.3) is 10.9 Å². The molecular formula is C17H20N4O. The molecule has 22 heavy (non-hydrogen) atoms. The molecule has 0 bridgehead atoms. The Hall–Kier alpha value is -2.40. The number of hydrogen-bond acceptors (Lipinski definition) is 4. The summed E-state index contributed by atoms with van der Waals surface area (Å²) in [5.74, 6) is 0. The van der Waals surface area contributed by atoms with Gasteiger partial charge in [0.15, 0.2) is 0 Å². The number of aryl methyl sites for hydroxylation is 1. The normalized spacial score (nSPS) is 11.0. The zero-order chi connectivity index (χ0) is 15.5. The molecule has 0 amide bonds. The molecule has 0 radical (unpaired) electrons. The number of pyridine rings is 1. The predicted octanol–water partition coefficient (Wildman–Crippen LogP) is 2.65. The Morgan fingerprint density at radius 1 is 1.23 bits per heavy atom. The van der Waals surface area contributed by atoms with Crippen LogP contribution in [0.5, 0.6) is 0 Å². The van der Waals surface area contributed by atoms with Crippen molar-refractivity contribution in [3.05, 3.63) is 53.5 Å². The molecule has 0 saturated carbocycles. The summed E-state index contributed by atoms with van der Waals surface area (Å²) in [7, 11) is 0. The van der Waals surface area contributed by atoms with Crippen LogP contribution in [0.4, 0.5) is 5.69 Å². The summed E-state index contributed by atoms with van der Waals surface area (Å²) >= 11 is 0. The van der Waals surface area contributed by atoms with E-state index >= 15 is 0 Å². The van der Waals surface area contributed by atoms with Crippen molar-refractivity contribution in [2.75, 3.05) is 11.9 Å². The van der Waals surface area contributed by atoms with Crippen LogP contribution >= 0.6 is 0 Å². The average molecular weight is 296 g/mol. The SMILES string of the molecule is Cc1nn(CCO)c(C)c1CNc1ccc2ncccc2c1. The van der Waals surface area contributed by atoms with Crippen LogP contribution in [0.3, 0.4) is 0 Å². The first kappa shape index (κ1) is 14.5. The third-order valence-corrected chi connectivity index (χ3v) is 3.92. The summed E-state index contributed by atoms with van der Waals surface area (Å²) < 4.78 is 1.86. The van der Waals surface area contributed by atoms with Gasteiger partial charge in [0, 0.05) is 35.1 Å². The second-order valence-electron chi connectivity index (χ2n) is 5.36. The highest BCUT2D eigenvalue weighted by Crippen LogP contribution is 2.19. The number of benzene rings is 1. The fourth-order valence-corrected chi connectivity index (χ4v) is 2.68. The predicted molar refractivity (Wildman–Crippen MR) is 87.9 cm³/mol. The Morgan fingerprint density at radius 2 is 2.09 bits per heavy atom. The van der Waals surface area contributed by atoms with Crippen molar-refractivity contribution in [2.45, 2.75) is 26.9 Å². The van der Waals surface area contributed by atoms with Gasteiger partial charge < -0.3 is 10.4 Å². The maximum atomic E-state index is 9.07. The lowest BCUT2D eigenvalue weighted by Gasteiger charge is -2.08. The molecule has 5 nitrogen and oxygen atoms in total. The van der Waals surface area contributed by atoms with Crippen LogP contribution in [0, 0.1) is 13.8 Å². The minimum Gasteiger partial charge on any atom is -0.394 e. The highest BCUT2D eigenvalue weighted by atomic mass is 16.3. The van der Waals surface area contributed by atoms with Crippen LogP contribution in [-0.2, 0) is 13.1 Å². The molecule has 114 valence electrons. The quantitative estimate of drug-likeness (QED) is 0.760. The smallest absolute Gasteiger partial charge is 0.0703 e. The first-order valence-electron chi connectivity index (χ1n) is 7.41. The number of rotatable bonds is 5. The molecule has 0 saturated heterocycles. The standard InChI is InChI=1S/C17H20N4O/c1-12-16(13(2)21(20-12)8-9-22)11-19-15-5-6-17-14(10-15)4-3-7-18-17/h3-7,10,19,22H,8-9,11H2,1-2H3. The van der Waals surface area contributed by atoms with Gasteiger partial charge in [0.05, 0.1) is 24.4 Å². The fourth-order valence-electron chi connectivity index (χ4n) is 2.68. The summed E-state index contributed by atoms with van der Waals surface area (Å²) in [6.45, 7) is 5.40. The topological polar surface area (TPSA) is 63.0 Å². The number of nitrogens with one attached hydrogen (secondary N) is 1. The molecule has 0 atom stereocenters. The van der Waals surface area contributed by atoms with E-state index in [1.807, 2.05) is 36.7 Å². The number of fused-ring (bicyclic) bond motifs is 1. The fraction of sp³-hybridized carbons (Fsp3) is 0.294. The van der Waals surface area contributed by atoms with Gasteiger partial charge in [-0.25, -0.2) is 0 Å². The monoisotopic (exact) mass is 296 g/mol. The third kappa shape index (κ3) is 2.80. The first-order chi connectivity index (χ1) is 10.7. The Kier molecular flexibility index (Phi) is 4.06. The number of hydrogen-bond donors (Lipinski definition) is 2. The molecule has 0 spiro atoms. The van der Waals surface area contributed by atoms with E-state index in [-0.39, 0.29) is 6.61 Å². The van der Waals surface area contributed by atoms with Crippen molar-refractivity contribution in [2.24, 2.45) is 0 Å². The molecule has 1 aromatic carbocycles. The lowest BCUT2D eigenvalue weighted by Crippen LogP contribution is -2.07. The second-order valence-corrected chi connectivity index (χ2v) is 5.36. The number of aliphatic hydroxyl groups is 1. The minimum absolute atomic E-state index is 0.104. The van der Waals surface area contributed by atoms with Crippen molar-refractivity contribution in [1.82, 2.24) is 14.8 Å². The molecule has 2 heterocycles. The molecule has 2 N–H and O–H groups in total. The van der Waals surface area contributed by atoms with E-state index in [0.717, 1.165) is 34.5 Å². The third-order valence-electron chi connectivity index (χ3n) is 3.92. The first-order valence-corrected chi connectivity index (χ1v) is 7.41. The Morgan fingerprint density at radius 3 is 2.91 bits per heavy atom. The number of anilines is 1. The summed E-state index contributed by atoms with van der Waals surface area (Å²) in [5, 5.41) is 18.1. The lowest BCUT2D eigenvalue weighted by atomic mass is 10.1. The van der Waals surface area contributed by atoms with Crippen molar-refractivity contribution in [1.29, 1.82) is 0 Å². The van der Waals surface area contributed by atoms with E-state index in [4.69, 9.17) is 5.11 Å². The van der Waals surface area contributed by atoms with Crippen LogP contribution in [0.15, 0.2) is 36.5 Å². The van der Waals surface area contributed by atoms with Gasteiger partial charge in [-0.05, 0) is 38.1 Å². The van der Waals surface area contributed by atoms with Gasteiger partial charge in [0.2, 0.25) is 0 Å². The van der Waals surface area contributed by atoms with E-state index in [1.54, 1.807) is 6.20 Å². The highest BCUT2D eigenvalue weighted by molar-refractivity contribution is 5.82. The van der Waals surface area contributed by atoms with Crippen LogP contribution in [-0.4, -0.2) is 26.5 Å². The summed E-state index contributed by atoms with van der Waals surface area (Å²) in [6, 6.07) is 10.2. The Labute approximate surface area is 129 Å². The Bertz CT molecular complexity index is 794. The van der Waals surface area contributed by atoms with Gasteiger partial charge in [0.1, 0.15) is 0 Å². The highest BCUT2D eigenvalue weighted by Gasteiger charge is 2.10. The maximum Gasteiger partial charge on any atom is 0.0703 e. The van der Waals surface area contributed by atoms with E-state index in [9.17, 15) is 0 Å². The maximum absolute atomic E-state index is 9.07. The van der Waals surface area contributed by atoms with Crippen molar-refractivity contribution < 1.29 is 5.11 Å². The number of aromatic nitrogens is 3. The van der Waals surface area contributed by atoms with Gasteiger partial charge in [-0.15, -0.1) is 0 Å². The van der Waals surface area contributed by atoms with Gasteiger partial charge in [-0.2, -0.15) is 5.10 Å². The molecule has 3 rings (SSSR count). The van der Waals surface area contributed by atoms with Crippen LogP contribution in [0.1, 0.15) is 17.0 Å². The molecule has 0 aliphatic carbocycles. The van der Waals surface area contributed by atoms with E-state index < -0.39 is 0 Å². The minimum atomic E-state index is 0.104. The van der Waals surface area contributed by atoms with Gasteiger partial charge in [-0.3, -0.25) is 9.67 Å². The molecule has 0 fully saturated rings. The lowest BCUT2D eigenvalue weighted by molar-refractivity contribution is 0.268. The second kappa shape index (κ2) is 6.15. The molecule has 0 unspecified atom stereocenters. The van der Waals surface area contributed by atoms with Crippen LogP contribution < -0.4 is 5.32 Å². The van der Waals surface area contributed by atoms with Crippen molar-refractivity contribution in [3.8, 4) is 0 Å². The zero-order valence-corrected chi connectivity index (χ0v) is 12.9. The molecule has 0 aliphatic rings. The molecule has 5 heteroatoms. The van der Waals surface area contributed by atoms with Gasteiger partial charge in [0.25, 0.3) is 0 Å². The van der Waals surface area contributed by atoms with E-state index in [2.05, 4.69) is 27.5 Å². The summed E-state index contributed by atoms with van der Waals surface area (Å²) in [4.78, 5) is 4.33. The van der Waals surface area contributed by atoms with Crippen molar-refractivity contribution >= 4 is 16.6 Å². The van der Waals surface area contributed by atoms with E-state index in [1.165, 1.54) is 5.56 Å². The van der Waals surface area contributed by atoms with Crippen LogP contribution in [0.2, 0.25) is 0 Å². The summed E-state index contributed by atoms with van der Waals surface area (Å²) in [5.41, 5.74) is 5.34. The zero-order valence-electron chi connectivity index (χ0n) is 12.9. The van der Waals surface area contributed by atoms with Gasteiger partial charge in [-0.1, -0.05) is 6.07 Å². The largest absolute Gasteiger partial charge is 0.394 e. The Balaban J connectivity index is 1.79. The molecule has 3 aromatic rings. The average Bonchev–Trinajstić information content (AvgIpc) is 2.80. The summed E-state index contributed by atoms with van der Waals surface area (Å²) in [6.07, 6.45) is 1.80. The molecule has 2 aromatic heterocycles. The van der Waals surface area contributed by atoms with Gasteiger partial charge >= 0.3 is 0 Å². The molecular weight excluding hydrogens is 276 g/mol. The van der Waals surface area contributed by atoms with E-state index in [0.29, 0.717) is 6.54 Å². The molecule has 0 aliphatic heterocycles. The number of aliphatic hydroxyl groups excluding tert-OH is 1.